The standard InChI is InChI=1S/C36H24N4/c1-3-9-25(10-4-1)26-16-18-34-31(23-26)29-17-19-33-30(20-22-39(33)28-12-5-2-6-13-28)36(29)40(34)35-15-7-14-32(38-35)27-11-8-21-37-24-27/h1-24H. The number of fused-ring (bicyclic) bond motifs is 5. The SMILES string of the molecule is c1ccc(-c2ccc3c(c2)c2ccc4c(ccn4-c4ccccc4)c2n3-c2cccc(-c3cccnc3)n2)cc1. The van der Waals surface area contributed by atoms with Crippen molar-refractivity contribution in [3.05, 3.63) is 146 Å². The topological polar surface area (TPSA) is 35.6 Å². The first-order valence-corrected chi connectivity index (χ1v) is 13.4. The predicted molar refractivity (Wildman–Crippen MR) is 164 cm³/mol. The van der Waals surface area contributed by atoms with Crippen LogP contribution >= 0.6 is 0 Å². The third-order valence-corrected chi connectivity index (χ3v) is 7.66. The molecule has 0 saturated carbocycles. The first kappa shape index (κ1) is 22.5. The molecule has 40 heavy (non-hydrogen) atoms. The summed E-state index contributed by atoms with van der Waals surface area (Å²) in [5.74, 6) is 0.883. The molecule has 188 valence electrons. The van der Waals surface area contributed by atoms with E-state index < -0.39 is 0 Å². The van der Waals surface area contributed by atoms with Crippen LogP contribution in [-0.4, -0.2) is 19.1 Å². The Balaban J connectivity index is 1.45. The van der Waals surface area contributed by atoms with Gasteiger partial charge in [-0.1, -0.05) is 66.7 Å². The van der Waals surface area contributed by atoms with E-state index in [1.165, 1.54) is 27.3 Å². The molecular weight excluding hydrogens is 488 g/mol. The van der Waals surface area contributed by atoms with Crippen molar-refractivity contribution in [2.45, 2.75) is 0 Å². The number of benzene rings is 4. The Labute approximate surface area is 231 Å². The van der Waals surface area contributed by atoms with Gasteiger partial charge < -0.3 is 4.57 Å². The van der Waals surface area contributed by atoms with E-state index in [9.17, 15) is 0 Å². The van der Waals surface area contributed by atoms with E-state index in [4.69, 9.17) is 4.98 Å². The summed E-state index contributed by atoms with van der Waals surface area (Å²) in [5.41, 5.74) is 8.89. The maximum absolute atomic E-state index is 5.15. The third kappa shape index (κ3) is 3.54. The highest BCUT2D eigenvalue weighted by molar-refractivity contribution is 6.19. The van der Waals surface area contributed by atoms with Gasteiger partial charge in [0.2, 0.25) is 0 Å². The second-order valence-corrected chi connectivity index (χ2v) is 9.97. The van der Waals surface area contributed by atoms with Crippen LogP contribution < -0.4 is 0 Å². The van der Waals surface area contributed by atoms with Crippen molar-refractivity contribution in [1.82, 2.24) is 19.1 Å². The molecule has 0 aliphatic carbocycles. The Hall–Kier alpha value is -5.48. The van der Waals surface area contributed by atoms with E-state index in [1.54, 1.807) is 6.20 Å². The number of hydrogen-bond acceptors (Lipinski definition) is 2. The summed E-state index contributed by atoms with van der Waals surface area (Å²) in [6, 6.07) is 44.8. The van der Waals surface area contributed by atoms with E-state index >= 15 is 0 Å². The highest BCUT2D eigenvalue weighted by Gasteiger charge is 2.18. The number of hydrogen-bond donors (Lipinski definition) is 0. The molecule has 0 atom stereocenters. The van der Waals surface area contributed by atoms with E-state index in [2.05, 4.69) is 136 Å². The summed E-state index contributed by atoms with van der Waals surface area (Å²) >= 11 is 0. The predicted octanol–water partition coefficient (Wildman–Crippen LogP) is 8.85. The Morgan fingerprint density at radius 2 is 1.32 bits per heavy atom. The average molecular weight is 513 g/mol. The van der Waals surface area contributed by atoms with Gasteiger partial charge in [0, 0.05) is 46.0 Å². The van der Waals surface area contributed by atoms with E-state index in [0.29, 0.717) is 0 Å². The van der Waals surface area contributed by atoms with Crippen molar-refractivity contribution in [3.63, 3.8) is 0 Å². The zero-order valence-electron chi connectivity index (χ0n) is 21.6. The van der Waals surface area contributed by atoms with Crippen molar-refractivity contribution in [3.8, 4) is 33.9 Å². The molecule has 0 amide bonds. The van der Waals surface area contributed by atoms with Gasteiger partial charge in [0.1, 0.15) is 5.82 Å². The Bertz CT molecular complexity index is 2140. The van der Waals surface area contributed by atoms with Crippen LogP contribution in [0.15, 0.2) is 146 Å². The van der Waals surface area contributed by atoms with Gasteiger partial charge in [-0.3, -0.25) is 9.55 Å². The molecule has 0 aliphatic heterocycles. The van der Waals surface area contributed by atoms with Crippen LogP contribution in [0.3, 0.4) is 0 Å². The highest BCUT2D eigenvalue weighted by Crippen LogP contribution is 2.39. The van der Waals surface area contributed by atoms with Crippen LogP contribution in [0.1, 0.15) is 0 Å². The monoisotopic (exact) mass is 512 g/mol. The lowest BCUT2D eigenvalue weighted by atomic mass is 10.0. The van der Waals surface area contributed by atoms with Gasteiger partial charge in [-0.05, 0) is 71.8 Å². The minimum absolute atomic E-state index is 0.883. The van der Waals surface area contributed by atoms with E-state index in [1.807, 2.05) is 18.3 Å². The second kappa shape index (κ2) is 9.07. The summed E-state index contributed by atoms with van der Waals surface area (Å²) in [7, 11) is 0. The smallest absolute Gasteiger partial charge is 0.138 e. The summed E-state index contributed by atoms with van der Waals surface area (Å²) < 4.78 is 4.57. The van der Waals surface area contributed by atoms with Crippen molar-refractivity contribution >= 4 is 32.7 Å². The second-order valence-electron chi connectivity index (χ2n) is 9.97. The van der Waals surface area contributed by atoms with Crippen LogP contribution in [0.2, 0.25) is 0 Å². The van der Waals surface area contributed by atoms with E-state index in [-0.39, 0.29) is 0 Å². The summed E-state index contributed by atoms with van der Waals surface area (Å²) in [4.78, 5) is 9.47. The van der Waals surface area contributed by atoms with Crippen LogP contribution in [0.25, 0.3) is 66.6 Å². The molecule has 4 aromatic heterocycles. The molecule has 0 saturated heterocycles. The molecule has 0 spiro atoms. The summed E-state index contributed by atoms with van der Waals surface area (Å²) in [5, 5.41) is 3.60. The average Bonchev–Trinajstić information content (AvgIpc) is 3.61. The molecule has 4 heteroatoms. The van der Waals surface area contributed by atoms with Gasteiger partial charge in [-0.2, -0.15) is 0 Å². The largest absolute Gasteiger partial charge is 0.316 e. The molecule has 4 nitrogen and oxygen atoms in total. The molecule has 4 aromatic carbocycles. The van der Waals surface area contributed by atoms with Gasteiger partial charge in [-0.25, -0.2) is 4.98 Å². The van der Waals surface area contributed by atoms with Gasteiger partial charge >= 0.3 is 0 Å². The minimum Gasteiger partial charge on any atom is -0.316 e. The minimum atomic E-state index is 0.883. The molecule has 0 N–H and O–H groups in total. The van der Waals surface area contributed by atoms with Crippen molar-refractivity contribution < 1.29 is 0 Å². The fourth-order valence-electron chi connectivity index (χ4n) is 5.81. The Kier molecular flexibility index (Phi) is 5.10. The molecule has 0 fully saturated rings. The van der Waals surface area contributed by atoms with Crippen LogP contribution in [0, 0.1) is 0 Å². The third-order valence-electron chi connectivity index (χ3n) is 7.66. The van der Waals surface area contributed by atoms with Gasteiger partial charge in [-0.15, -0.1) is 0 Å². The number of rotatable bonds is 4. The maximum atomic E-state index is 5.15. The highest BCUT2D eigenvalue weighted by atomic mass is 15.1. The lowest BCUT2D eigenvalue weighted by molar-refractivity contribution is 1.08. The van der Waals surface area contributed by atoms with Crippen molar-refractivity contribution in [2.24, 2.45) is 0 Å². The molecular formula is C36H24N4. The first-order chi connectivity index (χ1) is 19.8. The maximum Gasteiger partial charge on any atom is 0.138 e. The zero-order valence-corrected chi connectivity index (χ0v) is 21.6. The number of nitrogens with zero attached hydrogens (tertiary/aromatic N) is 4. The molecule has 0 unspecified atom stereocenters. The Morgan fingerprint density at radius 1 is 0.525 bits per heavy atom. The molecule has 8 aromatic rings. The molecule has 0 radical (unpaired) electrons. The van der Waals surface area contributed by atoms with Gasteiger partial charge in [0.05, 0.1) is 22.2 Å². The number of pyridine rings is 2. The molecule has 0 bridgehead atoms. The lowest BCUT2D eigenvalue weighted by Gasteiger charge is -2.11. The molecule has 8 rings (SSSR count). The summed E-state index contributed by atoms with van der Waals surface area (Å²) in [6.45, 7) is 0. The normalized spacial score (nSPS) is 11.5. The van der Waals surface area contributed by atoms with Gasteiger partial charge in [0.15, 0.2) is 0 Å². The Morgan fingerprint density at radius 3 is 2.15 bits per heavy atom. The van der Waals surface area contributed by atoms with Crippen LogP contribution in [0.5, 0.6) is 0 Å². The molecule has 0 aliphatic rings. The first-order valence-electron chi connectivity index (χ1n) is 13.4. The fourth-order valence-corrected chi connectivity index (χ4v) is 5.81. The summed E-state index contributed by atoms with van der Waals surface area (Å²) in [6.07, 6.45) is 5.82. The lowest BCUT2D eigenvalue weighted by Crippen LogP contribution is -1.99. The van der Waals surface area contributed by atoms with Gasteiger partial charge in [0.25, 0.3) is 0 Å². The van der Waals surface area contributed by atoms with Crippen LogP contribution in [0.4, 0.5) is 0 Å². The number of para-hydroxylation sites is 1. The van der Waals surface area contributed by atoms with Crippen molar-refractivity contribution in [2.75, 3.05) is 0 Å². The number of aromatic nitrogens is 4. The fraction of sp³-hybridized carbons (Fsp3) is 0. The van der Waals surface area contributed by atoms with E-state index in [0.717, 1.165) is 39.3 Å². The quantitative estimate of drug-likeness (QED) is 0.236. The van der Waals surface area contributed by atoms with Crippen molar-refractivity contribution in [1.29, 1.82) is 0 Å². The zero-order chi connectivity index (χ0) is 26.5. The van der Waals surface area contributed by atoms with Crippen LogP contribution in [-0.2, 0) is 0 Å². The molecule has 4 heterocycles.